The Hall–Kier alpha value is -2.30. The van der Waals surface area contributed by atoms with E-state index in [1.165, 1.54) is 0 Å². The molecule has 5 heteroatoms. The lowest BCUT2D eigenvalue weighted by atomic mass is 10.1. The van der Waals surface area contributed by atoms with Gasteiger partial charge in [0.2, 0.25) is 0 Å². The summed E-state index contributed by atoms with van der Waals surface area (Å²) in [6.07, 6.45) is 4.58. The molecule has 0 aliphatic heterocycles. The van der Waals surface area contributed by atoms with E-state index >= 15 is 0 Å². The van der Waals surface area contributed by atoms with E-state index < -0.39 is 5.97 Å². The molecular formula is C14H17N3O2. The molecule has 0 bridgehead atoms. The fourth-order valence-electron chi connectivity index (χ4n) is 2.01. The number of aromatic nitrogens is 2. The molecule has 0 aliphatic carbocycles. The Labute approximate surface area is 111 Å². The Morgan fingerprint density at radius 2 is 2.26 bits per heavy atom. The zero-order valence-electron chi connectivity index (χ0n) is 11.1. The van der Waals surface area contributed by atoms with Crippen LogP contribution in [0.4, 0.5) is 5.69 Å². The van der Waals surface area contributed by atoms with Crippen LogP contribution in [-0.2, 0) is 13.5 Å². The average molecular weight is 259 g/mol. The maximum Gasteiger partial charge on any atom is 0.337 e. The fraction of sp³-hybridized carbons (Fsp3) is 0.286. The monoisotopic (exact) mass is 259 g/mol. The quantitative estimate of drug-likeness (QED) is 0.862. The lowest BCUT2D eigenvalue weighted by Crippen LogP contribution is -2.10. The third kappa shape index (κ3) is 3.13. The van der Waals surface area contributed by atoms with Crippen LogP contribution in [0.15, 0.2) is 30.6 Å². The first-order valence-electron chi connectivity index (χ1n) is 6.12. The largest absolute Gasteiger partial charge is 0.478 e. The molecule has 0 spiro atoms. The first-order valence-corrected chi connectivity index (χ1v) is 6.12. The van der Waals surface area contributed by atoms with E-state index in [0.29, 0.717) is 17.8 Å². The Balaban J connectivity index is 2.05. The van der Waals surface area contributed by atoms with Gasteiger partial charge in [0.1, 0.15) is 0 Å². The molecule has 0 aliphatic rings. The Morgan fingerprint density at radius 3 is 2.89 bits per heavy atom. The van der Waals surface area contributed by atoms with Crippen molar-refractivity contribution in [1.82, 2.24) is 9.78 Å². The number of aryl methyl sites for hydroxylation is 2. The van der Waals surface area contributed by atoms with Crippen LogP contribution in [-0.4, -0.2) is 27.4 Å². The molecule has 2 N–H and O–H groups in total. The number of carboxylic acids is 1. The van der Waals surface area contributed by atoms with Gasteiger partial charge >= 0.3 is 5.97 Å². The number of anilines is 1. The molecule has 1 aromatic carbocycles. The van der Waals surface area contributed by atoms with Gasteiger partial charge in [-0.3, -0.25) is 4.68 Å². The molecule has 1 aromatic heterocycles. The molecule has 0 saturated heterocycles. The summed E-state index contributed by atoms with van der Waals surface area (Å²) in [6.45, 7) is 2.58. The lowest BCUT2D eigenvalue weighted by Gasteiger charge is -2.12. The minimum atomic E-state index is -0.910. The minimum absolute atomic E-state index is 0.311. The van der Waals surface area contributed by atoms with Crippen LogP contribution >= 0.6 is 0 Å². The van der Waals surface area contributed by atoms with Crippen molar-refractivity contribution in [3.63, 3.8) is 0 Å². The number of nitrogens with one attached hydrogen (secondary N) is 1. The average Bonchev–Trinajstić information content (AvgIpc) is 2.77. The molecule has 0 amide bonds. The number of carbonyl (C=O) groups is 1. The summed E-state index contributed by atoms with van der Waals surface area (Å²) in [5, 5.41) is 16.5. The number of benzene rings is 1. The van der Waals surface area contributed by atoms with Crippen molar-refractivity contribution in [2.75, 3.05) is 11.9 Å². The van der Waals surface area contributed by atoms with E-state index in [9.17, 15) is 4.79 Å². The first-order chi connectivity index (χ1) is 9.08. The standard InChI is InChI=1S/C14H17N3O2/c1-10-4-3-5-12(14(18)19)13(10)15-7-6-11-8-16-17(2)9-11/h3-5,8-9,15H,6-7H2,1-2H3,(H,18,19). The predicted molar refractivity (Wildman–Crippen MR) is 73.5 cm³/mol. The summed E-state index contributed by atoms with van der Waals surface area (Å²) in [5.74, 6) is -0.910. The SMILES string of the molecule is Cc1cccc(C(=O)O)c1NCCc1cnn(C)c1. The molecule has 1 heterocycles. The number of para-hydroxylation sites is 1. The lowest BCUT2D eigenvalue weighted by molar-refractivity contribution is 0.0698. The first kappa shape index (κ1) is 13.1. The van der Waals surface area contributed by atoms with Gasteiger partial charge in [-0.1, -0.05) is 12.1 Å². The van der Waals surface area contributed by atoms with Crippen molar-refractivity contribution < 1.29 is 9.90 Å². The summed E-state index contributed by atoms with van der Waals surface area (Å²) in [7, 11) is 1.88. The number of hydrogen-bond acceptors (Lipinski definition) is 3. The number of nitrogens with zero attached hydrogens (tertiary/aromatic N) is 2. The molecular weight excluding hydrogens is 242 g/mol. The van der Waals surface area contributed by atoms with Gasteiger partial charge in [0.25, 0.3) is 0 Å². The van der Waals surface area contributed by atoms with Gasteiger partial charge in [-0.05, 0) is 30.5 Å². The maximum atomic E-state index is 11.2. The number of rotatable bonds is 5. The molecule has 0 unspecified atom stereocenters. The third-order valence-electron chi connectivity index (χ3n) is 2.98. The molecule has 2 aromatic rings. The van der Waals surface area contributed by atoms with Crippen molar-refractivity contribution in [3.05, 3.63) is 47.3 Å². The number of hydrogen-bond donors (Lipinski definition) is 2. The van der Waals surface area contributed by atoms with Crippen molar-refractivity contribution in [2.24, 2.45) is 7.05 Å². The van der Waals surface area contributed by atoms with Crippen molar-refractivity contribution in [1.29, 1.82) is 0 Å². The van der Waals surface area contributed by atoms with Gasteiger partial charge in [-0.15, -0.1) is 0 Å². The zero-order valence-corrected chi connectivity index (χ0v) is 11.1. The second-order valence-corrected chi connectivity index (χ2v) is 4.50. The van der Waals surface area contributed by atoms with Gasteiger partial charge in [0, 0.05) is 19.8 Å². The van der Waals surface area contributed by atoms with Crippen LogP contribution in [0, 0.1) is 6.92 Å². The fourth-order valence-corrected chi connectivity index (χ4v) is 2.01. The van der Waals surface area contributed by atoms with Crippen LogP contribution in [0.2, 0.25) is 0 Å². The number of carboxylic acid groups (broad SMARTS) is 1. The van der Waals surface area contributed by atoms with Crippen LogP contribution < -0.4 is 5.32 Å². The van der Waals surface area contributed by atoms with Crippen LogP contribution in [0.1, 0.15) is 21.5 Å². The van der Waals surface area contributed by atoms with E-state index in [1.807, 2.05) is 32.4 Å². The zero-order chi connectivity index (χ0) is 13.8. The normalized spacial score (nSPS) is 10.4. The molecule has 0 saturated carbocycles. The molecule has 100 valence electrons. The van der Waals surface area contributed by atoms with E-state index in [2.05, 4.69) is 10.4 Å². The van der Waals surface area contributed by atoms with Gasteiger partial charge in [0.15, 0.2) is 0 Å². The number of aromatic carboxylic acids is 1. The highest BCUT2D eigenvalue weighted by Gasteiger charge is 2.11. The molecule has 5 nitrogen and oxygen atoms in total. The molecule has 0 radical (unpaired) electrons. The van der Waals surface area contributed by atoms with Crippen LogP contribution in [0.5, 0.6) is 0 Å². The van der Waals surface area contributed by atoms with E-state index in [1.54, 1.807) is 16.8 Å². The Bertz CT molecular complexity index is 590. The van der Waals surface area contributed by atoms with Crippen molar-refractivity contribution in [2.45, 2.75) is 13.3 Å². The van der Waals surface area contributed by atoms with Gasteiger partial charge in [0.05, 0.1) is 17.4 Å². The summed E-state index contributed by atoms with van der Waals surface area (Å²) < 4.78 is 1.76. The highest BCUT2D eigenvalue weighted by molar-refractivity contribution is 5.95. The molecule has 0 fully saturated rings. The molecule has 2 rings (SSSR count). The van der Waals surface area contributed by atoms with Crippen molar-refractivity contribution >= 4 is 11.7 Å². The third-order valence-corrected chi connectivity index (χ3v) is 2.98. The highest BCUT2D eigenvalue weighted by atomic mass is 16.4. The summed E-state index contributed by atoms with van der Waals surface area (Å²) in [5.41, 5.74) is 3.07. The summed E-state index contributed by atoms with van der Waals surface area (Å²) in [6, 6.07) is 5.27. The highest BCUT2D eigenvalue weighted by Crippen LogP contribution is 2.20. The summed E-state index contributed by atoms with van der Waals surface area (Å²) >= 11 is 0. The Kier molecular flexibility index (Phi) is 3.85. The Morgan fingerprint density at radius 1 is 1.47 bits per heavy atom. The van der Waals surface area contributed by atoms with Crippen LogP contribution in [0.25, 0.3) is 0 Å². The summed E-state index contributed by atoms with van der Waals surface area (Å²) in [4.78, 5) is 11.2. The van der Waals surface area contributed by atoms with Gasteiger partial charge < -0.3 is 10.4 Å². The predicted octanol–water partition coefficient (Wildman–Crippen LogP) is 2.08. The topological polar surface area (TPSA) is 67.2 Å². The van der Waals surface area contributed by atoms with Gasteiger partial charge in [-0.25, -0.2) is 4.79 Å². The second-order valence-electron chi connectivity index (χ2n) is 4.50. The van der Waals surface area contributed by atoms with Crippen molar-refractivity contribution in [3.8, 4) is 0 Å². The van der Waals surface area contributed by atoms with Gasteiger partial charge in [-0.2, -0.15) is 5.10 Å². The van der Waals surface area contributed by atoms with E-state index in [4.69, 9.17) is 5.11 Å². The maximum absolute atomic E-state index is 11.2. The van der Waals surface area contributed by atoms with E-state index in [-0.39, 0.29) is 0 Å². The van der Waals surface area contributed by atoms with Crippen LogP contribution in [0.3, 0.4) is 0 Å². The minimum Gasteiger partial charge on any atom is -0.478 e. The molecule has 19 heavy (non-hydrogen) atoms. The molecule has 0 atom stereocenters. The van der Waals surface area contributed by atoms with E-state index in [0.717, 1.165) is 17.5 Å². The smallest absolute Gasteiger partial charge is 0.337 e. The second kappa shape index (κ2) is 5.56.